The average Bonchev–Trinajstić information content (AvgIpc) is 2.29. The summed E-state index contributed by atoms with van der Waals surface area (Å²) in [5, 5.41) is 9.03. The Bertz CT molecular complexity index is 590. The van der Waals surface area contributed by atoms with Gasteiger partial charge in [0.15, 0.2) is 0 Å². The third-order valence-electron chi connectivity index (χ3n) is 2.37. The zero-order valence-corrected chi connectivity index (χ0v) is 9.58. The number of nitriles is 1. The molecule has 1 heterocycles. The monoisotopic (exact) mass is 246 g/mol. The van der Waals surface area contributed by atoms with E-state index in [4.69, 9.17) is 16.9 Å². The van der Waals surface area contributed by atoms with Crippen molar-refractivity contribution in [3.05, 3.63) is 53.1 Å². The van der Waals surface area contributed by atoms with E-state index in [-0.39, 0.29) is 17.4 Å². The minimum Gasteiger partial charge on any atom is -0.244 e. The second kappa shape index (κ2) is 4.94. The Morgan fingerprint density at radius 1 is 1.35 bits per heavy atom. The number of aromatic nitrogens is 1. The van der Waals surface area contributed by atoms with Crippen molar-refractivity contribution in [2.24, 2.45) is 0 Å². The highest BCUT2D eigenvalue weighted by Gasteiger charge is 2.10. The molecule has 0 bridgehead atoms. The molecule has 4 heteroatoms. The van der Waals surface area contributed by atoms with Crippen LogP contribution in [0, 0.1) is 17.1 Å². The van der Waals surface area contributed by atoms with Gasteiger partial charge in [-0.25, -0.2) is 9.37 Å². The average molecular weight is 247 g/mol. The molecule has 0 radical (unpaired) electrons. The van der Waals surface area contributed by atoms with Gasteiger partial charge in [0.05, 0.1) is 12.5 Å². The summed E-state index contributed by atoms with van der Waals surface area (Å²) in [6.07, 6.45) is 1.76. The molecule has 0 aliphatic rings. The first-order chi connectivity index (χ1) is 8.22. The van der Waals surface area contributed by atoms with Crippen molar-refractivity contribution in [3.63, 3.8) is 0 Å². The molecule has 0 aliphatic heterocycles. The van der Waals surface area contributed by atoms with Crippen LogP contribution in [0.1, 0.15) is 5.56 Å². The second-order valence-electron chi connectivity index (χ2n) is 3.48. The predicted octanol–water partition coefficient (Wildman–Crippen LogP) is 3.61. The smallest absolute Gasteiger partial charge is 0.137 e. The van der Waals surface area contributed by atoms with Gasteiger partial charge in [0.2, 0.25) is 0 Å². The Balaban J connectivity index is 2.62. The van der Waals surface area contributed by atoms with Gasteiger partial charge >= 0.3 is 0 Å². The molecule has 0 spiro atoms. The Kier molecular flexibility index (Phi) is 3.36. The van der Waals surface area contributed by atoms with E-state index in [1.165, 1.54) is 18.3 Å². The second-order valence-corrected chi connectivity index (χ2v) is 3.84. The molecule has 2 nitrogen and oxygen atoms in total. The fourth-order valence-corrected chi connectivity index (χ4v) is 1.94. The molecule has 0 atom stereocenters. The fourth-order valence-electron chi connectivity index (χ4n) is 1.65. The number of hydrogen-bond acceptors (Lipinski definition) is 2. The lowest BCUT2D eigenvalue weighted by atomic mass is 10.0. The first-order valence-corrected chi connectivity index (χ1v) is 5.36. The number of rotatable bonds is 2. The van der Waals surface area contributed by atoms with Crippen LogP contribution in [0.25, 0.3) is 11.1 Å². The number of pyridine rings is 1. The first-order valence-electron chi connectivity index (χ1n) is 4.98. The Labute approximate surface area is 103 Å². The van der Waals surface area contributed by atoms with Gasteiger partial charge < -0.3 is 0 Å². The van der Waals surface area contributed by atoms with Crippen LogP contribution < -0.4 is 0 Å². The Morgan fingerprint density at radius 3 is 2.88 bits per heavy atom. The maximum atomic E-state index is 13.2. The molecule has 1 aromatic heterocycles. The van der Waals surface area contributed by atoms with Gasteiger partial charge in [0.25, 0.3) is 0 Å². The van der Waals surface area contributed by atoms with E-state index in [0.29, 0.717) is 11.1 Å². The number of benzene rings is 1. The van der Waals surface area contributed by atoms with E-state index in [0.717, 1.165) is 5.56 Å². The van der Waals surface area contributed by atoms with Crippen molar-refractivity contribution in [3.8, 4) is 17.2 Å². The minimum absolute atomic E-state index is 0.216. The molecule has 84 valence electrons. The third-order valence-corrected chi connectivity index (χ3v) is 2.66. The van der Waals surface area contributed by atoms with E-state index in [1.54, 1.807) is 18.2 Å². The molecular weight excluding hydrogens is 239 g/mol. The van der Waals surface area contributed by atoms with Gasteiger partial charge in [-0.05, 0) is 29.3 Å². The van der Waals surface area contributed by atoms with Gasteiger partial charge in [-0.2, -0.15) is 5.26 Å². The topological polar surface area (TPSA) is 36.7 Å². The Hall–Kier alpha value is -1.92. The van der Waals surface area contributed by atoms with E-state index < -0.39 is 0 Å². The molecule has 0 saturated heterocycles. The fraction of sp³-hybridized carbons (Fsp3) is 0.0769. The standard InChI is InChI=1S/C13H8ClFN2/c14-13-12(9(4-6-16)5-7-17-13)10-2-1-3-11(15)8-10/h1-3,5,7-8H,4H2. The molecule has 0 aliphatic carbocycles. The summed E-state index contributed by atoms with van der Waals surface area (Å²) >= 11 is 6.01. The van der Waals surface area contributed by atoms with Crippen LogP contribution in [0.2, 0.25) is 5.15 Å². The molecule has 0 saturated carbocycles. The van der Waals surface area contributed by atoms with Crippen LogP contribution in [-0.4, -0.2) is 4.98 Å². The quantitative estimate of drug-likeness (QED) is 0.759. The zero-order chi connectivity index (χ0) is 12.3. The molecule has 2 aromatic rings. The molecule has 17 heavy (non-hydrogen) atoms. The van der Waals surface area contributed by atoms with Gasteiger partial charge in [-0.15, -0.1) is 0 Å². The van der Waals surface area contributed by atoms with Crippen molar-refractivity contribution in [1.29, 1.82) is 5.26 Å². The summed E-state index contributed by atoms with van der Waals surface area (Å²) in [5.74, 6) is -0.342. The summed E-state index contributed by atoms with van der Waals surface area (Å²) in [6, 6.07) is 9.86. The maximum absolute atomic E-state index is 13.2. The summed E-state index contributed by atoms with van der Waals surface area (Å²) in [5.41, 5.74) is 2.00. The molecule has 1 aromatic carbocycles. The normalized spacial score (nSPS) is 9.94. The SMILES string of the molecule is N#CCc1ccnc(Cl)c1-c1cccc(F)c1. The van der Waals surface area contributed by atoms with E-state index in [2.05, 4.69) is 11.1 Å². The predicted molar refractivity (Wildman–Crippen MR) is 64.0 cm³/mol. The van der Waals surface area contributed by atoms with Crippen LogP contribution >= 0.6 is 11.6 Å². The Morgan fingerprint density at radius 2 is 2.18 bits per heavy atom. The highest BCUT2D eigenvalue weighted by atomic mass is 35.5. The third kappa shape index (κ3) is 2.43. The molecular formula is C13H8ClFN2. The lowest BCUT2D eigenvalue weighted by Crippen LogP contribution is -1.92. The van der Waals surface area contributed by atoms with Crippen LogP contribution in [-0.2, 0) is 6.42 Å². The lowest BCUT2D eigenvalue weighted by Gasteiger charge is -2.08. The van der Waals surface area contributed by atoms with Crippen molar-refractivity contribution in [2.75, 3.05) is 0 Å². The molecule has 0 unspecified atom stereocenters. The van der Waals surface area contributed by atoms with Gasteiger partial charge in [0.1, 0.15) is 11.0 Å². The number of halogens is 2. The van der Waals surface area contributed by atoms with Crippen molar-refractivity contribution in [1.82, 2.24) is 4.98 Å². The van der Waals surface area contributed by atoms with Gasteiger partial charge in [-0.1, -0.05) is 23.7 Å². The molecule has 2 rings (SSSR count). The maximum Gasteiger partial charge on any atom is 0.137 e. The van der Waals surface area contributed by atoms with E-state index >= 15 is 0 Å². The van der Waals surface area contributed by atoms with E-state index in [9.17, 15) is 4.39 Å². The molecule has 0 fully saturated rings. The van der Waals surface area contributed by atoms with Crippen molar-refractivity contribution in [2.45, 2.75) is 6.42 Å². The molecule has 0 amide bonds. The molecule has 0 N–H and O–H groups in total. The number of nitrogens with zero attached hydrogens (tertiary/aromatic N) is 2. The summed E-state index contributed by atoms with van der Waals surface area (Å²) in [7, 11) is 0. The number of hydrogen-bond donors (Lipinski definition) is 0. The highest BCUT2D eigenvalue weighted by Crippen LogP contribution is 2.30. The van der Waals surface area contributed by atoms with Crippen LogP contribution in [0.4, 0.5) is 4.39 Å². The zero-order valence-electron chi connectivity index (χ0n) is 8.82. The van der Waals surface area contributed by atoms with E-state index in [1.807, 2.05) is 0 Å². The van der Waals surface area contributed by atoms with Crippen molar-refractivity contribution < 1.29 is 4.39 Å². The summed E-state index contributed by atoms with van der Waals surface area (Å²) in [4.78, 5) is 3.96. The van der Waals surface area contributed by atoms with Gasteiger partial charge in [-0.3, -0.25) is 0 Å². The van der Waals surface area contributed by atoms with Crippen LogP contribution in [0.3, 0.4) is 0 Å². The van der Waals surface area contributed by atoms with Crippen molar-refractivity contribution >= 4 is 11.6 Å². The summed E-state index contributed by atoms with van der Waals surface area (Å²) in [6.45, 7) is 0. The minimum atomic E-state index is -0.342. The van der Waals surface area contributed by atoms with Crippen LogP contribution in [0.15, 0.2) is 36.5 Å². The lowest BCUT2D eigenvalue weighted by molar-refractivity contribution is 0.628. The highest BCUT2D eigenvalue weighted by molar-refractivity contribution is 6.32. The summed E-state index contributed by atoms with van der Waals surface area (Å²) < 4.78 is 13.2. The van der Waals surface area contributed by atoms with Crippen LogP contribution in [0.5, 0.6) is 0 Å². The largest absolute Gasteiger partial charge is 0.244 e. The van der Waals surface area contributed by atoms with Gasteiger partial charge in [0, 0.05) is 11.8 Å². The first kappa shape index (κ1) is 11.6.